The van der Waals surface area contributed by atoms with Crippen LogP contribution in [0.2, 0.25) is 0 Å². The third-order valence-corrected chi connectivity index (χ3v) is 9.69. The van der Waals surface area contributed by atoms with Crippen molar-refractivity contribution in [3.8, 4) is 5.75 Å². The standard InChI is InChI=1S/C38H31BrN4O3S/c1-3-46-30-19-15-26(16-20-30)35-34(36(44)41-29-9-5-4-6-10-29)24(2)40-38-43(35)37(45)33(47-38)21-27-23-42(32-12-8-7-11-31(27)32)22-25-13-17-28(39)18-14-25/h4-21,23,35H,3,22H2,1-2H3,(H,41,44)/b33-21+/t35-/m0/s1. The summed E-state index contributed by atoms with van der Waals surface area (Å²) in [6, 6.07) is 32.7. The normalized spacial score (nSPS) is 14.6. The van der Waals surface area contributed by atoms with Gasteiger partial charge >= 0.3 is 0 Å². The second-order valence-corrected chi connectivity index (χ2v) is 13.2. The lowest BCUT2D eigenvalue weighted by Gasteiger charge is -2.25. The molecule has 4 aromatic carbocycles. The molecule has 7 rings (SSSR count). The number of para-hydroxylation sites is 2. The monoisotopic (exact) mass is 702 g/mol. The summed E-state index contributed by atoms with van der Waals surface area (Å²) in [5.41, 5.74) is 5.44. The number of amides is 1. The van der Waals surface area contributed by atoms with Gasteiger partial charge in [0, 0.05) is 39.4 Å². The summed E-state index contributed by atoms with van der Waals surface area (Å²) in [5, 5.41) is 4.06. The number of allylic oxidation sites excluding steroid dienone is 1. The molecule has 0 fully saturated rings. The van der Waals surface area contributed by atoms with Crippen LogP contribution in [0, 0.1) is 0 Å². The number of nitrogens with one attached hydrogen (secondary N) is 1. The summed E-state index contributed by atoms with van der Waals surface area (Å²) < 4.78 is 11.1. The van der Waals surface area contributed by atoms with E-state index in [0.29, 0.717) is 39.4 Å². The molecule has 0 saturated heterocycles. The van der Waals surface area contributed by atoms with Crippen LogP contribution in [-0.2, 0) is 11.3 Å². The van der Waals surface area contributed by atoms with Gasteiger partial charge in [-0.2, -0.15) is 0 Å². The maximum atomic E-state index is 14.4. The molecule has 9 heteroatoms. The molecule has 7 nitrogen and oxygen atoms in total. The molecule has 47 heavy (non-hydrogen) atoms. The Morgan fingerprint density at radius 2 is 1.70 bits per heavy atom. The summed E-state index contributed by atoms with van der Waals surface area (Å²) in [6.45, 7) is 4.99. The number of fused-ring (bicyclic) bond motifs is 2. The minimum Gasteiger partial charge on any atom is -0.494 e. The Hall–Kier alpha value is -4.99. The number of carbonyl (C=O) groups excluding carboxylic acids is 1. The Morgan fingerprint density at radius 3 is 2.45 bits per heavy atom. The maximum absolute atomic E-state index is 14.4. The van der Waals surface area contributed by atoms with Gasteiger partial charge in [-0.15, -0.1) is 0 Å². The molecule has 1 aliphatic heterocycles. The van der Waals surface area contributed by atoms with Crippen LogP contribution in [0.3, 0.4) is 0 Å². The number of anilines is 1. The number of nitrogens with zero attached hydrogens (tertiary/aromatic N) is 3. The van der Waals surface area contributed by atoms with Gasteiger partial charge in [0.05, 0.1) is 28.5 Å². The lowest BCUT2D eigenvalue weighted by atomic mass is 9.95. The average Bonchev–Trinajstić information content (AvgIpc) is 3.58. The van der Waals surface area contributed by atoms with Crippen molar-refractivity contribution in [2.24, 2.45) is 4.99 Å². The van der Waals surface area contributed by atoms with Gasteiger partial charge in [0.25, 0.3) is 11.5 Å². The molecule has 0 aliphatic carbocycles. The predicted octanol–water partition coefficient (Wildman–Crippen LogP) is 7.04. The van der Waals surface area contributed by atoms with Crippen molar-refractivity contribution in [3.63, 3.8) is 0 Å². The summed E-state index contributed by atoms with van der Waals surface area (Å²) in [4.78, 5) is 33.6. The highest BCUT2D eigenvalue weighted by Crippen LogP contribution is 2.32. The predicted molar refractivity (Wildman–Crippen MR) is 192 cm³/mol. The van der Waals surface area contributed by atoms with Crippen molar-refractivity contribution in [2.45, 2.75) is 26.4 Å². The van der Waals surface area contributed by atoms with E-state index in [1.54, 1.807) is 4.57 Å². The highest BCUT2D eigenvalue weighted by atomic mass is 79.9. The molecule has 1 atom stereocenters. The van der Waals surface area contributed by atoms with Crippen LogP contribution in [-0.4, -0.2) is 21.6 Å². The smallest absolute Gasteiger partial charge is 0.271 e. The number of benzene rings is 4. The lowest BCUT2D eigenvalue weighted by Crippen LogP contribution is -2.40. The third kappa shape index (κ3) is 6.12. The molecule has 0 saturated carbocycles. The number of halogens is 1. The molecule has 2 aromatic heterocycles. The second kappa shape index (κ2) is 13.0. The number of ether oxygens (including phenoxy) is 1. The van der Waals surface area contributed by atoms with Crippen LogP contribution in [0.4, 0.5) is 5.69 Å². The molecule has 0 radical (unpaired) electrons. The van der Waals surface area contributed by atoms with Gasteiger partial charge in [0.2, 0.25) is 0 Å². The van der Waals surface area contributed by atoms with Gasteiger partial charge in [-0.25, -0.2) is 4.99 Å². The summed E-state index contributed by atoms with van der Waals surface area (Å²) in [7, 11) is 0. The molecule has 234 valence electrons. The zero-order valence-corrected chi connectivity index (χ0v) is 28.2. The van der Waals surface area contributed by atoms with Crippen LogP contribution in [0.1, 0.15) is 36.6 Å². The van der Waals surface area contributed by atoms with E-state index in [0.717, 1.165) is 32.3 Å². The SMILES string of the molecule is CCOc1ccc([C@H]2C(C(=O)Nc3ccccc3)=C(C)N=c3s/c(=C/c4cn(Cc5ccc(Br)cc5)c5ccccc45)c(=O)n32)cc1. The van der Waals surface area contributed by atoms with Crippen LogP contribution >= 0.6 is 27.3 Å². The molecular weight excluding hydrogens is 672 g/mol. The average molecular weight is 704 g/mol. The number of hydrogen-bond donors (Lipinski definition) is 1. The van der Waals surface area contributed by atoms with Gasteiger partial charge in [-0.3, -0.25) is 14.2 Å². The first-order valence-corrected chi connectivity index (χ1v) is 16.9. The minimum atomic E-state index is -0.675. The Balaban J connectivity index is 1.35. The van der Waals surface area contributed by atoms with Crippen LogP contribution in [0.15, 0.2) is 135 Å². The first kappa shape index (κ1) is 30.7. The Bertz CT molecular complexity index is 2320. The van der Waals surface area contributed by atoms with E-state index < -0.39 is 6.04 Å². The lowest BCUT2D eigenvalue weighted by molar-refractivity contribution is -0.113. The van der Waals surface area contributed by atoms with Crippen molar-refractivity contribution >= 4 is 55.8 Å². The first-order valence-electron chi connectivity index (χ1n) is 15.3. The molecule has 6 aromatic rings. The largest absolute Gasteiger partial charge is 0.494 e. The van der Waals surface area contributed by atoms with Gasteiger partial charge in [0.15, 0.2) is 4.80 Å². The van der Waals surface area contributed by atoms with Gasteiger partial charge < -0.3 is 14.6 Å². The van der Waals surface area contributed by atoms with Gasteiger partial charge in [-0.1, -0.05) is 87.9 Å². The zero-order chi connectivity index (χ0) is 32.5. The summed E-state index contributed by atoms with van der Waals surface area (Å²) >= 11 is 4.85. The van der Waals surface area contributed by atoms with E-state index >= 15 is 0 Å². The van der Waals surface area contributed by atoms with E-state index in [9.17, 15) is 9.59 Å². The molecule has 0 spiro atoms. The highest BCUT2D eigenvalue weighted by Gasteiger charge is 2.32. The van der Waals surface area contributed by atoms with Crippen LogP contribution in [0.5, 0.6) is 5.75 Å². The van der Waals surface area contributed by atoms with E-state index in [-0.39, 0.29) is 11.5 Å². The molecule has 0 unspecified atom stereocenters. The topological polar surface area (TPSA) is 77.6 Å². The molecule has 1 amide bonds. The molecule has 1 aliphatic rings. The number of rotatable bonds is 8. The van der Waals surface area contributed by atoms with Crippen molar-refractivity contribution in [2.75, 3.05) is 11.9 Å². The second-order valence-electron chi connectivity index (χ2n) is 11.3. The van der Waals surface area contributed by atoms with Crippen molar-refractivity contribution in [3.05, 3.63) is 161 Å². The van der Waals surface area contributed by atoms with E-state index in [1.807, 2.05) is 98.8 Å². The molecule has 0 bridgehead atoms. The number of aromatic nitrogens is 2. The Kier molecular flexibility index (Phi) is 8.49. The highest BCUT2D eigenvalue weighted by molar-refractivity contribution is 9.10. The van der Waals surface area contributed by atoms with E-state index in [1.165, 1.54) is 16.9 Å². The van der Waals surface area contributed by atoms with Crippen molar-refractivity contribution < 1.29 is 9.53 Å². The summed E-state index contributed by atoms with van der Waals surface area (Å²) in [6.07, 6.45) is 4.04. The number of thiazole rings is 1. The summed E-state index contributed by atoms with van der Waals surface area (Å²) in [5.74, 6) is 0.417. The van der Waals surface area contributed by atoms with Crippen molar-refractivity contribution in [1.82, 2.24) is 9.13 Å². The van der Waals surface area contributed by atoms with Gasteiger partial charge in [0.1, 0.15) is 5.75 Å². The quantitative estimate of drug-likeness (QED) is 0.185. The van der Waals surface area contributed by atoms with Crippen molar-refractivity contribution in [1.29, 1.82) is 0 Å². The first-order chi connectivity index (χ1) is 22.9. The maximum Gasteiger partial charge on any atom is 0.271 e. The fourth-order valence-corrected chi connectivity index (χ4v) is 7.31. The van der Waals surface area contributed by atoms with E-state index in [4.69, 9.17) is 9.73 Å². The fourth-order valence-electron chi connectivity index (χ4n) is 6.01. The Labute approximate surface area is 283 Å². The third-order valence-electron chi connectivity index (χ3n) is 8.18. The van der Waals surface area contributed by atoms with E-state index in [2.05, 4.69) is 56.3 Å². The van der Waals surface area contributed by atoms with Crippen LogP contribution in [0.25, 0.3) is 17.0 Å². The molecule has 3 heterocycles. The van der Waals surface area contributed by atoms with Gasteiger partial charge in [-0.05, 0) is 73.5 Å². The zero-order valence-electron chi connectivity index (χ0n) is 25.8. The Morgan fingerprint density at radius 1 is 0.979 bits per heavy atom. The number of carbonyl (C=O) groups is 1. The fraction of sp³-hybridized carbons (Fsp3) is 0.132. The minimum absolute atomic E-state index is 0.199. The molecule has 1 N–H and O–H groups in total. The number of hydrogen-bond acceptors (Lipinski definition) is 5. The molecular formula is C38H31BrN4O3S. The van der Waals surface area contributed by atoms with Crippen LogP contribution < -0.4 is 24.9 Å².